The fraction of sp³-hybridized carbons (Fsp3) is 0.278. The maximum Gasteiger partial charge on any atom is 0.163 e. The van der Waals surface area contributed by atoms with E-state index in [4.69, 9.17) is 4.74 Å². The standard InChI is InChI=1S/C18H18O2/c1-13-8-10-14(11-9-13)12-20-18-7-3-4-15-16(18)5-2-6-17(15)19/h3-4,7-11H,2,5-6,12H2,1H3. The number of rotatable bonds is 3. The van der Waals surface area contributed by atoms with Gasteiger partial charge in [0.1, 0.15) is 12.4 Å². The quantitative estimate of drug-likeness (QED) is 0.836. The summed E-state index contributed by atoms with van der Waals surface area (Å²) in [5.41, 5.74) is 4.32. The van der Waals surface area contributed by atoms with E-state index in [1.54, 1.807) is 0 Å². The van der Waals surface area contributed by atoms with Gasteiger partial charge in [-0.15, -0.1) is 0 Å². The number of aryl methyl sites for hydroxylation is 1. The van der Waals surface area contributed by atoms with E-state index in [1.165, 1.54) is 5.56 Å². The Morgan fingerprint density at radius 2 is 1.85 bits per heavy atom. The van der Waals surface area contributed by atoms with Gasteiger partial charge in [0.05, 0.1) is 0 Å². The van der Waals surface area contributed by atoms with Crippen molar-refractivity contribution in [3.8, 4) is 5.75 Å². The van der Waals surface area contributed by atoms with Gasteiger partial charge in [-0.3, -0.25) is 4.79 Å². The Hall–Kier alpha value is -2.09. The molecule has 20 heavy (non-hydrogen) atoms. The molecule has 0 saturated heterocycles. The Labute approximate surface area is 119 Å². The van der Waals surface area contributed by atoms with Gasteiger partial charge in [0.25, 0.3) is 0 Å². The molecule has 0 unspecified atom stereocenters. The van der Waals surface area contributed by atoms with Crippen LogP contribution in [0.4, 0.5) is 0 Å². The summed E-state index contributed by atoms with van der Waals surface area (Å²) in [5.74, 6) is 1.10. The zero-order chi connectivity index (χ0) is 13.9. The Bertz CT molecular complexity index is 626. The van der Waals surface area contributed by atoms with Crippen molar-refractivity contribution >= 4 is 5.78 Å². The summed E-state index contributed by atoms with van der Waals surface area (Å²) in [6.07, 6.45) is 2.52. The number of hydrogen-bond acceptors (Lipinski definition) is 2. The summed E-state index contributed by atoms with van der Waals surface area (Å²) in [4.78, 5) is 11.9. The molecule has 0 amide bonds. The second-order valence-electron chi connectivity index (χ2n) is 5.33. The molecule has 102 valence electrons. The van der Waals surface area contributed by atoms with Gasteiger partial charge in [0.15, 0.2) is 5.78 Å². The van der Waals surface area contributed by atoms with Crippen molar-refractivity contribution in [2.45, 2.75) is 32.8 Å². The molecule has 0 radical (unpaired) electrons. The highest BCUT2D eigenvalue weighted by Crippen LogP contribution is 2.30. The summed E-state index contributed by atoms with van der Waals surface area (Å²) in [5, 5.41) is 0. The van der Waals surface area contributed by atoms with Crippen LogP contribution in [0.1, 0.15) is 39.9 Å². The number of fused-ring (bicyclic) bond motifs is 1. The molecule has 0 aromatic heterocycles. The molecule has 1 aliphatic rings. The van der Waals surface area contributed by atoms with Crippen molar-refractivity contribution in [1.29, 1.82) is 0 Å². The molecule has 2 aromatic carbocycles. The highest BCUT2D eigenvalue weighted by molar-refractivity contribution is 5.99. The first-order chi connectivity index (χ1) is 9.74. The first kappa shape index (κ1) is 12.9. The van der Waals surface area contributed by atoms with Crippen molar-refractivity contribution < 1.29 is 9.53 Å². The van der Waals surface area contributed by atoms with Crippen LogP contribution in [0.5, 0.6) is 5.75 Å². The minimum absolute atomic E-state index is 0.243. The number of ketones is 1. The highest BCUT2D eigenvalue weighted by Gasteiger charge is 2.20. The van der Waals surface area contributed by atoms with Gasteiger partial charge >= 0.3 is 0 Å². The van der Waals surface area contributed by atoms with Crippen LogP contribution in [0.2, 0.25) is 0 Å². The molecule has 0 atom stereocenters. The Morgan fingerprint density at radius 3 is 2.65 bits per heavy atom. The van der Waals surface area contributed by atoms with E-state index in [0.29, 0.717) is 13.0 Å². The van der Waals surface area contributed by atoms with Gasteiger partial charge in [-0.25, -0.2) is 0 Å². The van der Waals surface area contributed by atoms with Crippen LogP contribution in [0.25, 0.3) is 0 Å². The second kappa shape index (κ2) is 5.49. The lowest BCUT2D eigenvalue weighted by Gasteiger charge is -2.18. The summed E-state index contributed by atoms with van der Waals surface area (Å²) in [6.45, 7) is 2.62. The maximum atomic E-state index is 11.9. The maximum absolute atomic E-state index is 11.9. The number of Topliss-reactive ketones (excluding diaryl/α,β-unsaturated/α-hetero) is 1. The lowest BCUT2D eigenvalue weighted by Crippen LogP contribution is -2.12. The van der Waals surface area contributed by atoms with Crippen LogP contribution in [0, 0.1) is 6.92 Å². The van der Waals surface area contributed by atoms with Gasteiger partial charge in [-0.05, 0) is 31.4 Å². The molecule has 2 nitrogen and oxygen atoms in total. The zero-order valence-corrected chi connectivity index (χ0v) is 11.7. The van der Waals surface area contributed by atoms with Crippen molar-refractivity contribution in [3.63, 3.8) is 0 Å². The summed E-state index contributed by atoms with van der Waals surface area (Å²) in [7, 11) is 0. The van der Waals surface area contributed by atoms with Crippen LogP contribution >= 0.6 is 0 Å². The molecule has 0 aliphatic heterocycles. The molecule has 0 spiro atoms. The first-order valence-electron chi connectivity index (χ1n) is 7.07. The van der Waals surface area contributed by atoms with Crippen molar-refractivity contribution in [1.82, 2.24) is 0 Å². The summed E-state index contributed by atoms with van der Waals surface area (Å²) in [6, 6.07) is 14.1. The Morgan fingerprint density at radius 1 is 1.05 bits per heavy atom. The fourth-order valence-corrected chi connectivity index (χ4v) is 2.63. The number of carbonyl (C=O) groups is 1. The third kappa shape index (κ3) is 2.60. The predicted molar refractivity (Wildman–Crippen MR) is 79.2 cm³/mol. The molecule has 0 saturated carbocycles. The number of ether oxygens (including phenoxy) is 1. The molecule has 0 heterocycles. The normalized spacial score (nSPS) is 13.9. The minimum Gasteiger partial charge on any atom is -0.489 e. The topological polar surface area (TPSA) is 26.3 Å². The Kier molecular flexibility index (Phi) is 3.55. The van der Waals surface area contributed by atoms with E-state index in [-0.39, 0.29) is 5.78 Å². The smallest absolute Gasteiger partial charge is 0.163 e. The first-order valence-corrected chi connectivity index (χ1v) is 7.07. The summed E-state index contributed by atoms with van der Waals surface area (Å²) < 4.78 is 5.93. The largest absolute Gasteiger partial charge is 0.489 e. The third-order valence-electron chi connectivity index (χ3n) is 3.78. The average Bonchev–Trinajstić information content (AvgIpc) is 2.47. The lowest BCUT2D eigenvalue weighted by molar-refractivity contribution is 0.0971. The van der Waals surface area contributed by atoms with E-state index in [0.717, 1.165) is 35.3 Å². The SMILES string of the molecule is Cc1ccc(COc2cccc3c2CCCC3=O)cc1. The zero-order valence-electron chi connectivity index (χ0n) is 11.7. The van der Waals surface area contributed by atoms with Crippen molar-refractivity contribution in [2.24, 2.45) is 0 Å². The molecule has 0 bridgehead atoms. The van der Waals surface area contributed by atoms with Crippen molar-refractivity contribution in [3.05, 3.63) is 64.7 Å². The molecule has 2 aromatic rings. The average molecular weight is 266 g/mol. The van der Waals surface area contributed by atoms with Gasteiger partial charge < -0.3 is 4.74 Å². The molecular weight excluding hydrogens is 248 g/mol. The van der Waals surface area contributed by atoms with E-state index in [1.807, 2.05) is 18.2 Å². The number of hydrogen-bond donors (Lipinski definition) is 0. The van der Waals surface area contributed by atoms with E-state index < -0.39 is 0 Å². The number of benzene rings is 2. The monoisotopic (exact) mass is 266 g/mol. The van der Waals surface area contributed by atoms with Crippen molar-refractivity contribution in [2.75, 3.05) is 0 Å². The molecular formula is C18H18O2. The van der Waals surface area contributed by atoms with E-state index >= 15 is 0 Å². The van der Waals surface area contributed by atoms with Crippen LogP contribution in [0.15, 0.2) is 42.5 Å². The number of carbonyl (C=O) groups excluding carboxylic acids is 1. The molecule has 2 heteroatoms. The van der Waals surface area contributed by atoms with E-state index in [2.05, 4.69) is 31.2 Å². The molecule has 3 rings (SSSR count). The van der Waals surface area contributed by atoms with Crippen LogP contribution < -0.4 is 4.74 Å². The van der Waals surface area contributed by atoms with Gasteiger partial charge in [0.2, 0.25) is 0 Å². The third-order valence-corrected chi connectivity index (χ3v) is 3.78. The van der Waals surface area contributed by atoms with Crippen LogP contribution in [-0.2, 0) is 13.0 Å². The van der Waals surface area contributed by atoms with Gasteiger partial charge in [-0.2, -0.15) is 0 Å². The lowest BCUT2D eigenvalue weighted by atomic mass is 9.90. The van der Waals surface area contributed by atoms with Gasteiger partial charge in [-0.1, -0.05) is 42.0 Å². The van der Waals surface area contributed by atoms with E-state index in [9.17, 15) is 4.79 Å². The Balaban J connectivity index is 1.79. The molecule has 0 fully saturated rings. The highest BCUT2D eigenvalue weighted by atomic mass is 16.5. The van der Waals surface area contributed by atoms with Crippen LogP contribution in [0.3, 0.4) is 0 Å². The predicted octanol–water partition coefficient (Wildman–Crippen LogP) is 4.09. The van der Waals surface area contributed by atoms with Crippen LogP contribution in [-0.4, -0.2) is 5.78 Å². The second-order valence-corrected chi connectivity index (χ2v) is 5.33. The van der Waals surface area contributed by atoms with Gasteiger partial charge in [0, 0.05) is 17.5 Å². The minimum atomic E-state index is 0.243. The summed E-state index contributed by atoms with van der Waals surface area (Å²) >= 11 is 0. The fourth-order valence-electron chi connectivity index (χ4n) is 2.63. The molecule has 0 N–H and O–H groups in total. The molecule has 1 aliphatic carbocycles.